The molecule has 2 heterocycles. The molecule has 1 aliphatic rings. The molecule has 0 radical (unpaired) electrons. The van der Waals surface area contributed by atoms with Crippen LogP contribution in [0.3, 0.4) is 0 Å². The quantitative estimate of drug-likeness (QED) is 0.655. The highest BCUT2D eigenvalue weighted by Crippen LogP contribution is 2.33. The monoisotopic (exact) mass is 401 g/mol. The van der Waals surface area contributed by atoms with Gasteiger partial charge in [-0.05, 0) is 23.8 Å². The molecule has 29 heavy (non-hydrogen) atoms. The average molecular weight is 401 g/mol. The lowest BCUT2D eigenvalue weighted by molar-refractivity contribution is -0.121. The Kier molecular flexibility index (Phi) is 5.37. The second-order valence-corrected chi connectivity index (χ2v) is 6.47. The van der Waals surface area contributed by atoms with Crippen molar-refractivity contribution in [2.45, 2.75) is 25.8 Å². The number of carbonyl (C=O) groups excluding carboxylic acids is 1. The van der Waals surface area contributed by atoms with Crippen LogP contribution < -0.4 is 14.8 Å². The first kappa shape index (κ1) is 18.9. The lowest BCUT2D eigenvalue weighted by Gasteiger charge is -2.05. The molecular weight excluding hydrogens is 384 g/mol. The summed E-state index contributed by atoms with van der Waals surface area (Å²) in [6.45, 7) is 0.184. The molecular formula is C20H17F2N3O4. The van der Waals surface area contributed by atoms with Gasteiger partial charge in [-0.2, -0.15) is 0 Å². The first-order chi connectivity index (χ1) is 14.1. The molecule has 150 valence electrons. The largest absolute Gasteiger partial charge is 0.454 e. The number of nitrogens with zero attached hydrogens (tertiary/aromatic N) is 2. The lowest BCUT2D eigenvalue weighted by Crippen LogP contribution is -2.23. The number of rotatable bonds is 7. The minimum atomic E-state index is -0.699. The van der Waals surface area contributed by atoms with Gasteiger partial charge in [-0.1, -0.05) is 12.1 Å². The zero-order valence-electron chi connectivity index (χ0n) is 15.3. The van der Waals surface area contributed by atoms with Crippen molar-refractivity contribution < 1.29 is 27.5 Å². The molecule has 0 saturated carbocycles. The molecule has 0 atom stereocenters. The highest BCUT2D eigenvalue weighted by Gasteiger charge is 2.15. The summed E-state index contributed by atoms with van der Waals surface area (Å²) in [6, 6.07) is 8.79. The highest BCUT2D eigenvalue weighted by molar-refractivity contribution is 5.76. The maximum Gasteiger partial charge on any atom is 0.231 e. The predicted octanol–water partition coefficient (Wildman–Crippen LogP) is 2.92. The van der Waals surface area contributed by atoms with E-state index in [1.54, 1.807) is 0 Å². The number of aryl methyl sites for hydroxylation is 1. The molecule has 3 aromatic rings. The van der Waals surface area contributed by atoms with Gasteiger partial charge in [0.2, 0.25) is 24.5 Å². The van der Waals surface area contributed by atoms with E-state index < -0.39 is 11.6 Å². The van der Waals surface area contributed by atoms with Gasteiger partial charge in [0.1, 0.15) is 11.6 Å². The maximum atomic E-state index is 13.6. The Bertz CT molecular complexity index is 1040. The molecule has 0 aliphatic carbocycles. The normalized spacial score (nSPS) is 12.2. The van der Waals surface area contributed by atoms with Gasteiger partial charge in [0.05, 0.1) is 6.42 Å². The molecule has 4 rings (SSSR count). The Morgan fingerprint density at radius 2 is 1.86 bits per heavy atom. The van der Waals surface area contributed by atoms with Crippen LogP contribution >= 0.6 is 0 Å². The van der Waals surface area contributed by atoms with E-state index in [9.17, 15) is 13.6 Å². The van der Waals surface area contributed by atoms with Crippen molar-refractivity contribution in [1.82, 2.24) is 15.5 Å². The Labute approximate surface area is 164 Å². The molecule has 7 nitrogen and oxygen atoms in total. The number of halogens is 2. The molecule has 1 N–H and O–H groups in total. The highest BCUT2D eigenvalue weighted by atomic mass is 19.1. The van der Waals surface area contributed by atoms with Crippen LogP contribution in [0, 0.1) is 11.6 Å². The van der Waals surface area contributed by atoms with Gasteiger partial charge < -0.3 is 19.2 Å². The van der Waals surface area contributed by atoms with E-state index in [4.69, 9.17) is 13.9 Å². The number of hydrogen-bond acceptors (Lipinski definition) is 6. The number of nitrogens with one attached hydrogen (secondary N) is 1. The number of carbonyl (C=O) groups is 1. The SMILES string of the molecule is O=C(CCc1nnc(Cc2ccc3c(c2)OCO3)o1)NCc1ccc(F)cc1F. The number of hydrogen-bond donors (Lipinski definition) is 1. The van der Waals surface area contributed by atoms with Gasteiger partial charge in [-0.25, -0.2) is 8.78 Å². The minimum absolute atomic E-state index is 0.0237. The van der Waals surface area contributed by atoms with E-state index in [0.29, 0.717) is 29.7 Å². The van der Waals surface area contributed by atoms with Crippen LogP contribution in [-0.2, 0) is 24.2 Å². The van der Waals surface area contributed by atoms with E-state index >= 15 is 0 Å². The zero-order chi connectivity index (χ0) is 20.2. The maximum absolute atomic E-state index is 13.6. The fourth-order valence-electron chi connectivity index (χ4n) is 2.85. The van der Waals surface area contributed by atoms with Crippen molar-refractivity contribution >= 4 is 5.91 Å². The Hall–Kier alpha value is -3.49. The Morgan fingerprint density at radius 3 is 2.72 bits per heavy atom. The second-order valence-electron chi connectivity index (χ2n) is 6.47. The number of fused-ring (bicyclic) bond motifs is 1. The summed E-state index contributed by atoms with van der Waals surface area (Å²) < 4.78 is 42.6. The Balaban J connectivity index is 1.26. The van der Waals surface area contributed by atoms with Gasteiger partial charge in [-0.15, -0.1) is 10.2 Å². The smallest absolute Gasteiger partial charge is 0.231 e. The van der Waals surface area contributed by atoms with E-state index in [-0.39, 0.29) is 37.6 Å². The molecule has 0 unspecified atom stereocenters. The molecule has 0 bridgehead atoms. The average Bonchev–Trinajstić information content (AvgIpc) is 3.34. The van der Waals surface area contributed by atoms with E-state index in [2.05, 4.69) is 15.5 Å². The summed E-state index contributed by atoms with van der Waals surface area (Å²) in [4.78, 5) is 12.0. The Morgan fingerprint density at radius 1 is 1.03 bits per heavy atom. The number of ether oxygens (including phenoxy) is 2. The molecule has 0 fully saturated rings. The third-order valence-electron chi connectivity index (χ3n) is 4.36. The van der Waals surface area contributed by atoms with Crippen LogP contribution in [0.4, 0.5) is 8.78 Å². The summed E-state index contributed by atoms with van der Waals surface area (Å²) in [5, 5.41) is 10.5. The van der Waals surface area contributed by atoms with Crippen LogP contribution in [0.15, 0.2) is 40.8 Å². The second kappa shape index (κ2) is 8.26. The van der Waals surface area contributed by atoms with Gasteiger partial charge in [0, 0.05) is 31.0 Å². The van der Waals surface area contributed by atoms with E-state index in [0.717, 1.165) is 17.7 Å². The van der Waals surface area contributed by atoms with Crippen molar-refractivity contribution in [3.8, 4) is 11.5 Å². The molecule has 2 aromatic carbocycles. The third kappa shape index (κ3) is 4.68. The molecule has 1 aromatic heterocycles. The molecule has 0 saturated heterocycles. The minimum Gasteiger partial charge on any atom is -0.454 e. The van der Waals surface area contributed by atoms with Crippen molar-refractivity contribution in [2.75, 3.05) is 6.79 Å². The van der Waals surface area contributed by atoms with Gasteiger partial charge in [0.25, 0.3) is 0 Å². The molecule has 1 aliphatic heterocycles. The van der Waals surface area contributed by atoms with Crippen molar-refractivity contribution in [3.63, 3.8) is 0 Å². The van der Waals surface area contributed by atoms with Crippen LogP contribution in [0.5, 0.6) is 11.5 Å². The van der Waals surface area contributed by atoms with Crippen LogP contribution in [0.25, 0.3) is 0 Å². The summed E-state index contributed by atoms with van der Waals surface area (Å²) in [7, 11) is 0. The van der Waals surface area contributed by atoms with Crippen LogP contribution in [0.1, 0.15) is 29.3 Å². The summed E-state index contributed by atoms with van der Waals surface area (Å²) >= 11 is 0. The van der Waals surface area contributed by atoms with Crippen molar-refractivity contribution in [2.24, 2.45) is 0 Å². The first-order valence-electron chi connectivity index (χ1n) is 8.97. The standard InChI is InChI=1S/C20H17F2N3O4/c21-14-3-2-13(15(22)9-14)10-23-18(26)5-6-19-24-25-20(29-19)8-12-1-4-16-17(7-12)28-11-27-16/h1-4,7,9H,5-6,8,10-11H2,(H,23,26). The van der Waals surface area contributed by atoms with E-state index in [1.165, 1.54) is 6.07 Å². The predicted molar refractivity (Wildman–Crippen MR) is 96.2 cm³/mol. The first-order valence-corrected chi connectivity index (χ1v) is 8.97. The van der Waals surface area contributed by atoms with Crippen LogP contribution in [-0.4, -0.2) is 22.9 Å². The number of aromatic nitrogens is 2. The fourth-order valence-corrected chi connectivity index (χ4v) is 2.85. The topological polar surface area (TPSA) is 86.5 Å². The summed E-state index contributed by atoms with van der Waals surface area (Å²) in [5.74, 6) is 0.477. The van der Waals surface area contributed by atoms with Gasteiger partial charge in [0.15, 0.2) is 11.5 Å². The summed E-state index contributed by atoms with van der Waals surface area (Å²) in [6.07, 6.45) is 0.792. The number of amides is 1. The van der Waals surface area contributed by atoms with Crippen LogP contribution in [0.2, 0.25) is 0 Å². The molecule has 0 spiro atoms. The van der Waals surface area contributed by atoms with Gasteiger partial charge in [-0.3, -0.25) is 4.79 Å². The molecule has 1 amide bonds. The summed E-state index contributed by atoms with van der Waals surface area (Å²) in [5.41, 5.74) is 1.15. The lowest BCUT2D eigenvalue weighted by atomic mass is 10.1. The zero-order valence-corrected chi connectivity index (χ0v) is 15.3. The third-order valence-corrected chi connectivity index (χ3v) is 4.36. The van der Waals surface area contributed by atoms with Crippen molar-refractivity contribution in [3.05, 3.63) is 70.9 Å². The van der Waals surface area contributed by atoms with Gasteiger partial charge >= 0.3 is 0 Å². The van der Waals surface area contributed by atoms with E-state index in [1.807, 2.05) is 18.2 Å². The fraction of sp³-hybridized carbons (Fsp3) is 0.250. The van der Waals surface area contributed by atoms with Crippen molar-refractivity contribution in [1.29, 1.82) is 0 Å². The number of benzene rings is 2. The molecule has 9 heteroatoms.